The zero-order valence-corrected chi connectivity index (χ0v) is 27.0. The normalized spacial score (nSPS) is 27.1. The van der Waals surface area contributed by atoms with Crippen LogP contribution in [-0.2, 0) is 20.6 Å². The summed E-state index contributed by atoms with van der Waals surface area (Å²) < 4.78 is 48.1. The first-order valence-electron chi connectivity index (χ1n) is 15.5. The zero-order valence-electron chi connectivity index (χ0n) is 25.3. The van der Waals surface area contributed by atoms with Gasteiger partial charge in [-0.1, -0.05) is 53.8 Å². The van der Waals surface area contributed by atoms with Crippen molar-refractivity contribution in [2.45, 2.75) is 35.7 Å². The van der Waals surface area contributed by atoms with E-state index in [1.165, 1.54) is 30.0 Å². The van der Waals surface area contributed by atoms with Gasteiger partial charge in [0.2, 0.25) is 11.8 Å². The molecule has 246 valence electrons. The van der Waals surface area contributed by atoms with E-state index in [0.29, 0.717) is 22.9 Å². The molecule has 3 fully saturated rings. The molecule has 1 saturated heterocycles. The number of thiazole rings is 1. The minimum atomic E-state index is -4.75. The van der Waals surface area contributed by atoms with Gasteiger partial charge in [-0.2, -0.15) is 13.2 Å². The van der Waals surface area contributed by atoms with Crippen LogP contribution < -0.4 is 19.8 Å². The van der Waals surface area contributed by atoms with Crippen molar-refractivity contribution >= 4 is 52.2 Å². The summed E-state index contributed by atoms with van der Waals surface area (Å²) in [5.74, 6) is -3.83. The molecule has 3 aromatic carbocycles. The SMILES string of the molecule is Cc1cccc(NC(=O)COc2ccccc2[C@@H]2c3sc(=O)[nH]c3S[C@@H]3[C@@H]4C[C@@H]([C@@H]5C(=O)N(c6ccccc6C(F)(F)F)C(=O)[C@@H]45)[C@H]23)c1. The molecule has 48 heavy (non-hydrogen) atoms. The number of rotatable bonds is 6. The summed E-state index contributed by atoms with van der Waals surface area (Å²) in [7, 11) is 0. The molecule has 7 atom stereocenters. The lowest BCUT2D eigenvalue weighted by molar-refractivity contribution is -0.137. The first-order chi connectivity index (χ1) is 23.0. The first-order valence-corrected chi connectivity index (χ1v) is 17.2. The van der Waals surface area contributed by atoms with Crippen LogP contribution in [0.4, 0.5) is 24.5 Å². The van der Waals surface area contributed by atoms with Gasteiger partial charge in [-0.05, 0) is 67.0 Å². The summed E-state index contributed by atoms with van der Waals surface area (Å²) in [5.41, 5.74) is 0.916. The second-order valence-electron chi connectivity index (χ2n) is 12.7. The van der Waals surface area contributed by atoms with E-state index in [-0.39, 0.29) is 40.4 Å². The third-order valence-electron chi connectivity index (χ3n) is 10.1. The Balaban J connectivity index is 1.13. The van der Waals surface area contributed by atoms with E-state index in [2.05, 4.69) is 10.3 Å². The molecule has 13 heteroatoms. The van der Waals surface area contributed by atoms with Gasteiger partial charge in [0.1, 0.15) is 5.75 Å². The fourth-order valence-electron chi connectivity index (χ4n) is 8.44. The number of para-hydroxylation sites is 2. The highest BCUT2D eigenvalue weighted by Crippen LogP contribution is 2.69. The molecule has 3 heterocycles. The average Bonchev–Trinajstić information content (AvgIpc) is 3.78. The van der Waals surface area contributed by atoms with E-state index >= 15 is 0 Å². The number of aromatic nitrogens is 1. The second kappa shape index (κ2) is 11.4. The summed E-state index contributed by atoms with van der Waals surface area (Å²) in [5, 5.41) is 3.35. The number of aromatic amines is 1. The molecular formula is C35H28F3N3O5S2. The molecule has 8 nitrogen and oxygen atoms in total. The molecule has 2 aliphatic heterocycles. The van der Waals surface area contributed by atoms with E-state index < -0.39 is 47.0 Å². The third-order valence-corrected chi connectivity index (χ3v) is 12.7. The molecule has 0 unspecified atom stereocenters. The Kier molecular flexibility index (Phi) is 7.33. The number of amides is 3. The molecule has 2 bridgehead atoms. The number of carbonyl (C=O) groups excluding carboxylic acids is 3. The predicted molar refractivity (Wildman–Crippen MR) is 174 cm³/mol. The van der Waals surface area contributed by atoms with E-state index in [4.69, 9.17) is 4.74 Å². The molecule has 2 aliphatic carbocycles. The Labute approximate surface area is 280 Å². The Morgan fingerprint density at radius 1 is 0.979 bits per heavy atom. The molecule has 0 radical (unpaired) electrons. The van der Waals surface area contributed by atoms with Gasteiger partial charge in [0.25, 0.3) is 5.91 Å². The van der Waals surface area contributed by atoms with Crippen LogP contribution in [0.25, 0.3) is 0 Å². The highest BCUT2D eigenvalue weighted by Gasteiger charge is 2.70. The summed E-state index contributed by atoms with van der Waals surface area (Å²) in [6.45, 7) is 1.65. The largest absolute Gasteiger partial charge is 0.483 e. The third kappa shape index (κ3) is 4.89. The highest BCUT2D eigenvalue weighted by molar-refractivity contribution is 8.00. The lowest BCUT2D eigenvalue weighted by Crippen LogP contribution is -2.42. The molecule has 2 N–H and O–H groups in total. The van der Waals surface area contributed by atoms with Crippen molar-refractivity contribution in [1.82, 2.24) is 4.98 Å². The topological polar surface area (TPSA) is 109 Å². The van der Waals surface area contributed by atoms with Crippen molar-refractivity contribution in [3.63, 3.8) is 0 Å². The van der Waals surface area contributed by atoms with Crippen LogP contribution in [0.3, 0.4) is 0 Å². The summed E-state index contributed by atoms with van der Waals surface area (Å²) in [4.78, 5) is 57.8. The Morgan fingerprint density at radius 3 is 2.48 bits per heavy atom. The first kappa shape index (κ1) is 30.9. The van der Waals surface area contributed by atoms with Crippen molar-refractivity contribution in [2.75, 3.05) is 16.8 Å². The molecule has 8 rings (SSSR count). The van der Waals surface area contributed by atoms with Crippen molar-refractivity contribution in [3.8, 4) is 5.75 Å². The van der Waals surface area contributed by atoms with Crippen LogP contribution in [0.5, 0.6) is 5.75 Å². The van der Waals surface area contributed by atoms with Gasteiger partial charge in [-0.15, -0.1) is 11.8 Å². The lowest BCUT2D eigenvalue weighted by Gasteiger charge is -2.43. The number of ether oxygens (including phenoxy) is 1. The van der Waals surface area contributed by atoms with Gasteiger partial charge < -0.3 is 15.0 Å². The monoisotopic (exact) mass is 691 g/mol. The molecular weight excluding hydrogens is 664 g/mol. The van der Waals surface area contributed by atoms with Crippen molar-refractivity contribution in [1.29, 1.82) is 0 Å². The van der Waals surface area contributed by atoms with Gasteiger partial charge in [-0.3, -0.25) is 19.2 Å². The maximum Gasteiger partial charge on any atom is 0.418 e. The number of hydrogen-bond donors (Lipinski definition) is 2. The van der Waals surface area contributed by atoms with Crippen LogP contribution >= 0.6 is 23.1 Å². The number of carbonyl (C=O) groups is 3. The van der Waals surface area contributed by atoms with Crippen LogP contribution in [-0.4, -0.2) is 34.6 Å². The quantitative estimate of drug-likeness (QED) is 0.225. The van der Waals surface area contributed by atoms with Crippen LogP contribution in [0.2, 0.25) is 0 Å². The molecule has 0 spiro atoms. The van der Waals surface area contributed by atoms with Gasteiger partial charge in [0, 0.05) is 27.3 Å². The van der Waals surface area contributed by atoms with Crippen molar-refractivity contribution in [2.24, 2.45) is 29.6 Å². The molecule has 1 aromatic heterocycles. The minimum absolute atomic E-state index is 0.175. The second-order valence-corrected chi connectivity index (χ2v) is 14.9. The maximum atomic E-state index is 14.1. The number of aryl methyl sites for hydroxylation is 1. The molecule has 4 aliphatic rings. The number of nitrogens with one attached hydrogen (secondary N) is 2. The van der Waals surface area contributed by atoms with Crippen molar-refractivity contribution in [3.05, 3.63) is 104 Å². The van der Waals surface area contributed by atoms with Gasteiger partial charge in [0.05, 0.1) is 28.1 Å². The summed E-state index contributed by atoms with van der Waals surface area (Å²) >= 11 is 2.56. The lowest BCUT2D eigenvalue weighted by atomic mass is 9.68. The number of imide groups is 1. The fourth-order valence-corrected chi connectivity index (χ4v) is 11.3. The van der Waals surface area contributed by atoms with E-state index in [9.17, 15) is 32.3 Å². The number of halogens is 3. The number of anilines is 2. The van der Waals surface area contributed by atoms with Crippen LogP contribution in [0.15, 0.2) is 82.6 Å². The summed E-state index contributed by atoms with van der Waals surface area (Å²) in [6, 6.07) is 19.4. The predicted octanol–water partition coefficient (Wildman–Crippen LogP) is 6.46. The van der Waals surface area contributed by atoms with Crippen LogP contribution in [0, 0.1) is 36.5 Å². The number of nitrogens with zero attached hydrogens (tertiary/aromatic N) is 1. The fraction of sp³-hybridized carbons (Fsp3) is 0.314. The van der Waals surface area contributed by atoms with E-state index in [1.807, 2.05) is 37.3 Å². The Morgan fingerprint density at radius 2 is 1.71 bits per heavy atom. The number of fused-ring (bicyclic) bond motifs is 9. The van der Waals surface area contributed by atoms with Crippen molar-refractivity contribution < 1.29 is 32.3 Å². The summed E-state index contributed by atoms with van der Waals surface area (Å²) in [6.07, 6.45) is -4.18. The minimum Gasteiger partial charge on any atom is -0.483 e. The number of benzene rings is 3. The molecule has 2 saturated carbocycles. The zero-order chi connectivity index (χ0) is 33.5. The highest BCUT2D eigenvalue weighted by atomic mass is 32.2. The molecule has 4 aromatic rings. The number of hydrogen-bond acceptors (Lipinski definition) is 7. The number of H-pyrrole nitrogens is 1. The number of thioether (sulfide) groups is 1. The Hall–Kier alpha value is -4.36. The maximum absolute atomic E-state index is 14.1. The Bertz CT molecular complexity index is 2040. The van der Waals surface area contributed by atoms with Gasteiger partial charge in [-0.25, -0.2) is 4.90 Å². The van der Waals surface area contributed by atoms with Crippen LogP contribution in [0.1, 0.15) is 33.9 Å². The van der Waals surface area contributed by atoms with Gasteiger partial charge in [0.15, 0.2) is 6.61 Å². The smallest absolute Gasteiger partial charge is 0.418 e. The standard InChI is InChI=1S/C35H28F3N3O5S2/c1-16-7-6-8-17(13-16)39-24(42)15-46-23-12-5-2-9-18(23)25-26-19-14-20(29(26)47-31-30(25)48-34(45)40-31)28-27(19)32(43)41(33(28)44)22-11-4-3-10-21(22)35(36,37)38/h2-13,19-20,25-29H,14-15H2,1H3,(H,39,42)(H,40,45)/t19-,20-,25+,26-,27+,28+,29-/m1/s1. The van der Waals surface area contributed by atoms with E-state index in [0.717, 1.165) is 38.3 Å². The molecule has 3 amide bonds. The van der Waals surface area contributed by atoms with Gasteiger partial charge >= 0.3 is 11.0 Å². The van der Waals surface area contributed by atoms with E-state index in [1.54, 1.807) is 18.2 Å². The number of alkyl halides is 3. The average molecular weight is 692 g/mol.